The number of hydrogen-bond acceptors (Lipinski definition) is 4. The second-order valence-corrected chi connectivity index (χ2v) is 18.1. The summed E-state index contributed by atoms with van der Waals surface area (Å²) >= 11 is 0. The van der Waals surface area contributed by atoms with Crippen molar-refractivity contribution in [3.05, 3.63) is 185 Å². The fraction of sp³-hybridized carbons (Fsp3) is 0.222. The standard InChI is InChI=1S/C54H51N2O2.Pt/c1-52(2,3)43-32-39(31-40(33-43)47-34-38(26-27-55-47)37-22-24-42(25-23-37)54(7,8)41-18-13-10-14-19-41)44-20-15-21-48-49(44)56-51(58-48)45-29-36(28-35-16-11-9-12-17-35)30-46(50(45)57)53(4,5)6;/h9-27,29-30,32-34,57H,28H2,1-8H3;/q-1;. The van der Waals surface area contributed by atoms with Crippen molar-refractivity contribution in [2.75, 3.05) is 0 Å². The zero-order chi connectivity index (χ0) is 40.8. The number of oxazole rings is 1. The number of rotatable bonds is 8. The molecule has 0 aliphatic carbocycles. The maximum absolute atomic E-state index is 11.8. The Bertz CT molecular complexity index is 2740. The van der Waals surface area contributed by atoms with Crippen molar-refractivity contribution in [2.24, 2.45) is 0 Å². The molecule has 0 unspecified atom stereocenters. The zero-order valence-corrected chi connectivity index (χ0v) is 37.4. The predicted octanol–water partition coefficient (Wildman–Crippen LogP) is 13.9. The molecule has 0 aliphatic rings. The molecule has 8 rings (SSSR count). The van der Waals surface area contributed by atoms with E-state index in [4.69, 9.17) is 14.4 Å². The topological polar surface area (TPSA) is 59.2 Å². The zero-order valence-electron chi connectivity index (χ0n) is 35.1. The van der Waals surface area contributed by atoms with Crippen molar-refractivity contribution < 1.29 is 30.6 Å². The average Bonchev–Trinajstić information content (AvgIpc) is 3.66. The number of aromatic hydroxyl groups is 1. The van der Waals surface area contributed by atoms with E-state index in [1.54, 1.807) is 0 Å². The summed E-state index contributed by atoms with van der Waals surface area (Å²) in [5, 5.41) is 11.8. The predicted molar refractivity (Wildman–Crippen MR) is 239 cm³/mol. The summed E-state index contributed by atoms with van der Waals surface area (Å²) in [4.78, 5) is 10.00. The van der Waals surface area contributed by atoms with Crippen molar-refractivity contribution in [1.82, 2.24) is 9.97 Å². The van der Waals surface area contributed by atoms with Crippen LogP contribution in [0.5, 0.6) is 5.75 Å². The summed E-state index contributed by atoms with van der Waals surface area (Å²) in [6.07, 6.45) is 2.62. The van der Waals surface area contributed by atoms with Crippen LogP contribution in [-0.4, -0.2) is 15.1 Å². The van der Waals surface area contributed by atoms with Gasteiger partial charge in [0, 0.05) is 43.9 Å². The van der Waals surface area contributed by atoms with Gasteiger partial charge in [-0.1, -0.05) is 176 Å². The van der Waals surface area contributed by atoms with Crippen LogP contribution in [0.2, 0.25) is 0 Å². The van der Waals surface area contributed by atoms with E-state index in [-0.39, 0.29) is 43.1 Å². The molecule has 0 atom stereocenters. The van der Waals surface area contributed by atoms with Gasteiger partial charge in [-0.3, -0.25) is 4.98 Å². The smallest absolute Gasteiger partial charge is 0.230 e. The summed E-state index contributed by atoms with van der Waals surface area (Å²) in [5.41, 5.74) is 14.1. The number of benzene rings is 6. The summed E-state index contributed by atoms with van der Waals surface area (Å²) < 4.78 is 6.50. The van der Waals surface area contributed by atoms with E-state index < -0.39 is 0 Å². The van der Waals surface area contributed by atoms with Crippen molar-refractivity contribution in [2.45, 2.75) is 78.1 Å². The van der Waals surface area contributed by atoms with Gasteiger partial charge in [-0.15, -0.1) is 29.3 Å². The van der Waals surface area contributed by atoms with Gasteiger partial charge >= 0.3 is 0 Å². The van der Waals surface area contributed by atoms with Crippen LogP contribution < -0.4 is 0 Å². The normalized spacial score (nSPS) is 12.1. The van der Waals surface area contributed by atoms with E-state index in [0.717, 1.165) is 62.1 Å². The Morgan fingerprint density at radius 3 is 1.92 bits per heavy atom. The molecule has 0 saturated carbocycles. The molecule has 2 aromatic heterocycles. The number of pyridine rings is 1. The molecule has 0 amide bonds. The van der Waals surface area contributed by atoms with Gasteiger partial charge in [0.15, 0.2) is 0 Å². The third-order valence-corrected chi connectivity index (χ3v) is 11.4. The quantitative estimate of drug-likeness (QED) is 0.154. The molecule has 6 aromatic carbocycles. The molecule has 8 aromatic rings. The Morgan fingerprint density at radius 1 is 0.576 bits per heavy atom. The van der Waals surface area contributed by atoms with Crippen molar-refractivity contribution in [1.29, 1.82) is 0 Å². The molecule has 2 heterocycles. The summed E-state index contributed by atoms with van der Waals surface area (Å²) in [6.45, 7) is 17.6. The maximum atomic E-state index is 11.8. The minimum atomic E-state index is -0.296. The van der Waals surface area contributed by atoms with Crippen molar-refractivity contribution >= 4 is 11.1 Å². The average molecular weight is 955 g/mol. The second kappa shape index (κ2) is 16.2. The maximum Gasteiger partial charge on any atom is 0.230 e. The van der Waals surface area contributed by atoms with E-state index in [1.165, 1.54) is 16.7 Å². The summed E-state index contributed by atoms with van der Waals surface area (Å²) in [5.74, 6) is 0.585. The molecule has 0 spiro atoms. The third kappa shape index (κ3) is 8.61. The van der Waals surface area contributed by atoms with Gasteiger partial charge in [0.25, 0.3) is 0 Å². The van der Waals surface area contributed by atoms with E-state index in [9.17, 15) is 5.11 Å². The monoisotopic (exact) mass is 954 g/mol. The molecular formula is C54H51N2O2Pt-. The van der Waals surface area contributed by atoms with E-state index in [2.05, 4.69) is 177 Å². The van der Waals surface area contributed by atoms with Gasteiger partial charge in [-0.2, -0.15) is 0 Å². The Kier molecular flexibility index (Phi) is 11.4. The number of phenols is 1. The van der Waals surface area contributed by atoms with E-state index in [1.807, 2.05) is 30.5 Å². The largest absolute Gasteiger partial charge is 0.507 e. The van der Waals surface area contributed by atoms with Gasteiger partial charge in [0.05, 0.1) is 11.1 Å². The van der Waals surface area contributed by atoms with Gasteiger partial charge in [0.1, 0.15) is 11.3 Å². The van der Waals surface area contributed by atoms with E-state index in [0.29, 0.717) is 17.0 Å². The number of phenolic OH excluding ortho intramolecular Hbond substituents is 1. The Labute approximate surface area is 363 Å². The molecule has 0 radical (unpaired) electrons. The van der Waals surface area contributed by atoms with Gasteiger partial charge in [0.2, 0.25) is 5.89 Å². The second-order valence-electron chi connectivity index (χ2n) is 18.1. The first-order valence-electron chi connectivity index (χ1n) is 20.2. The fourth-order valence-electron chi connectivity index (χ4n) is 7.79. The van der Waals surface area contributed by atoms with Crippen LogP contribution in [0.1, 0.15) is 88.8 Å². The number of para-hydroxylation sites is 1. The van der Waals surface area contributed by atoms with Gasteiger partial charge in [-0.05, 0) is 68.8 Å². The summed E-state index contributed by atoms with van der Waals surface area (Å²) in [7, 11) is 0. The van der Waals surface area contributed by atoms with Crippen LogP contribution in [0.3, 0.4) is 0 Å². The molecule has 300 valence electrons. The number of hydrogen-bond donors (Lipinski definition) is 1. The van der Waals surface area contributed by atoms with Crippen LogP contribution in [0.25, 0.3) is 56.1 Å². The van der Waals surface area contributed by atoms with Crippen LogP contribution in [0, 0.1) is 6.07 Å². The Morgan fingerprint density at radius 2 is 1.24 bits per heavy atom. The first-order chi connectivity index (χ1) is 27.6. The molecule has 0 bridgehead atoms. The minimum Gasteiger partial charge on any atom is -0.507 e. The van der Waals surface area contributed by atoms with Gasteiger partial charge < -0.3 is 9.52 Å². The fourth-order valence-corrected chi connectivity index (χ4v) is 7.79. The molecule has 0 saturated heterocycles. The molecule has 59 heavy (non-hydrogen) atoms. The van der Waals surface area contributed by atoms with Crippen LogP contribution >= 0.6 is 0 Å². The Balaban J connectivity index is 0.00000528. The first-order valence-corrected chi connectivity index (χ1v) is 20.2. The number of nitrogens with zero attached hydrogens (tertiary/aromatic N) is 2. The Hall–Kier alpha value is -5.57. The minimum absolute atomic E-state index is 0. The van der Waals surface area contributed by atoms with Gasteiger partial charge in [-0.25, -0.2) is 4.98 Å². The van der Waals surface area contributed by atoms with E-state index >= 15 is 0 Å². The molecular weight excluding hydrogens is 904 g/mol. The third-order valence-electron chi connectivity index (χ3n) is 11.4. The summed E-state index contributed by atoms with van der Waals surface area (Å²) in [6, 6.07) is 52.5. The van der Waals surface area contributed by atoms with Crippen LogP contribution in [0.15, 0.2) is 150 Å². The molecule has 5 heteroatoms. The number of aromatic nitrogens is 2. The molecule has 0 fully saturated rings. The first kappa shape index (κ1) is 41.6. The molecule has 0 aliphatic heterocycles. The molecule has 1 N–H and O–H groups in total. The molecule has 4 nitrogen and oxygen atoms in total. The van der Waals surface area contributed by atoms with Crippen LogP contribution in [0.4, 0.5) is 0 Å². The number of fused-ring (bicyclic) bond motifs is 1. The van der Waals surface area contributed by atoms with Crippen molar-refractivity contribution in [3.8, 4) is 50.7 Å². The SMILES string of the molecule is CC(C)(C)c1cc(-c2cc(-c3ccc(C(C)(C)c4ccccc4)cc3)ccn2)[c-]c(-c2cccc3oc(-c4cc(Cc5ccccc5)cc(C(C)(C)C)c4O)nc23)c1.[Pt]. The van der Waals surface area contributed by atoms with Crippen molar-refractivity contribution in [3.63, 3.8) is 0 Å². The van der Waals surface area contributed by atoms with Crippen LogP contribution in [-0.2, 0) is 43.7 Å².